The Morgan fingerprint density at radius 1 is 1.10 bits per heavy atom. The van der Waals surface area contributed by atoms with Crippen LogP contribution >= 0.6 is 11.6 Å². The highest BCUT2D eigenvalue weighted by molar-refractivity contribution is 6.31. The first-order chi connectivity index (χ1) is 14.0. The van der Waals surface area contributed by atoms with E-state index in [0.29, 0.717) is 40.0 Å². The van der Waals surface area contributed by atoms with Crippen LogP contribution in [0.2, 0.25) is 5.02 Å². The Morgan fingerprint density at radius 2 is 1.93 bits per heavy atom. The van der Waals surface area contributed by atoms with Crippen LogP contribution in [0.1, 0.15) is 12.8 Å². The van der Waals surface area contributed by atoms with E-state index < -0.39 is 11.6 Å². The number of nitrogens with two attached hydrogens (primary N) is 1. The molecule has 1 aliphatic carbocycles. The molecule has 0 radical (unpaired) electrons. The number of fused-ring (bicyclic) bond motifs is 1. The standard InChI is InChI=1S/C20H15ClF2N6/c21-14-8-10(4-7-15(14)23)17-16-18(24)29(13-3-1-2-11(22)9-13)28-19(16)27-20(26-17)25-12-5-6-12/h1-4,7-9,12H,5-6,24H2,(H,25,27,28). The summed E-state index contributed by atoms with van der Waals surface area (Å²) in [6, 6.07) is 10.6. The second-order valence-electron chi connectivity index (χ2n) is 6.92. The van der Waals surface area contributed by atoms with Crippen molar-refractivity contribution in [3.05, 3.63) is 59.1 Å². The van der Waals surface area contributed by atoms with E-state index in [1.165, 1.54) is 28.9 Å². The largest absolute Gasteiger partial charge is 0.383 e. The van der Waals surface area contributed by atoms with Crippen molar-refractivity contribution in [2.45, 2.75) is 18.9 Å². The highest BCUT2D eigenvalue weighted by Gasteiger charge is 2.25. The summed E-state index contributed by atoms with van der Waals surface area (Å²) in [5.41, 5.74) is 8.22. The molecule has 29 heavy (non-hydrogen) atoms. The molecule has 2 heterocycles. The highest BCUT2D eigenvalue weighted by atomic mass is 35.5. The minimum Gasteiger partial charge on any atom is -0.383 e. The van der Waals surface area contributed by atoms with Crippen molar-refractivity contribution in [1.29, 1.82) is 0 Å². The Bertz CT molecular complexity index is 1250. The van der Waals surface area contributed by atoms with Gasteiger partial charge in [0.1, 0.15) is 17.5 Å². The van der Waals surface area contributed by atoms with Gasteiger partial charge in [-0.1, -0.05) is 17.7 Å². The fraction of sp³-hybridized carbons (Fsp3) is 0.150. The molecule has 1 aliphatic rings. The smallest absolute Gasteiger partial charge is 0.225 e. The van der Waals surface area contributed by atoms with Gasteiger partial charge >= 0.3 is 0 Å². The van der Waals surface area contributed by atoms with Gasteiger partial charge in [0.25, 0.3) is 0 Å². The van der Waals surface area contributed by atoms with Crippen LogP contribution in [0.25, 0.3) is 28.0 Å². The molecule has 5 rings (SSSR count). The summed E-state index contributed by atoms with van der Waals surface area (Å²) in [4.78, 5) is 9.07. The van der Waals surface area contributed by atoms with Crippen molar-refractivity contribution in [2.75, 3.05) is 11.1 Å². The lowest BCUT2D eigenvalue weighted by atomic mass is 10.1. The zero-order valence-corrected chi connectivity index (χ0v) is 15.8. The molecule has 0 unspecified atom stereocenters. The van der Waals surface area contributed by atoms with Crippen molar-refractivity contribution < 1.29 is 8.78 Å². The van der Waals surface area contributed by atoms with Crippen molar-refractivity contribution in [2.24, 2.45) is 0 Å². The predicted octanol–water partition coefficient (Wildman–Crippen LogP) is 4.57. The van der Waals surface area contributed by atoms with Crippen LogP contribution in [-0.2, 0) is 0 Å². The molecule has 4 aromatic rings. The van der Waals surface area contributed by atoms with E-state index in [2.05, 4.69) is 20.4 Å². The normalized spacial score (nSPS) is 13.8. The third kappa shape index (κ3) is 3.25. The summed E-state index contributed by atoms with van der Waals surface area (Å²) in [6.45, 7) is 0. The van der Waals surface area contributed by atoms with E-state index in [1.807, 2.05) is 0 Å². The first-order valence-electron chi connectivity index (χ1n) is 9.04. The zero-order chi connectivity index (χ0) is 20.1. The number of benzene rings is 2. The van der Waals surface area contributed by atoms with Crippen LogP contribution in [0.15, 0.2) is 42.5 Å². The van der Waals surface area contributed by atoms with Gasteiger partial charge in [-0.2, -0.15) is 4.98 Å². The molecular weight excluding hydrogens is 398 g/mol. The van der Waals surface area contributed by atoms with Crippen LogP contribution in [0, 0.1) is 11.6 Å². The van der Waals surface area contributed by atoms with Gasteiger partial charge in [0, 0.05) is 11.6 Å². The molecule has 0 aliphatic heterocycles. The lowest BCUT2D eigenvalue weighted by molar-refractivity contribution is 0.625. The van der Waals surface area contributed by atoms with E-state index in [-0.39, 0.29) is 10.8 Å². The third-order valence-corrected chi connectivity index (χ3v) is 5.01. The lowest BCUT2D eigenvalue weighted by Crippen LogP contribution is -2.06. The summed E-state index contributed by atoms with van der Waals surface area (Å²) < 4.78 is 28.8. The predicted molar refractivity (Wildman–Crippen MR) is 108 cm³/mol. The molecule has 9 heteroatoms. The van der Waals surface area contributed by atoms with Crippen molar-refractivity contribution in [3.63, 3.8) is 0 Å². The minimum absolute atomic E-state index is 0.0259. The monoisotopic (exact) mass is 412 g/mol. The fourth-order valence-corrected chi connectivity index (χ4v) is 3.32. The molecule has 1 fully saturated rings. The molecule has 0 bridgehead atoms. The summed E-state index contributed by atoms with van der Waals surface area (Å²) >= 11 is 5.98. The molecule has 3 N–H and O–H groups in total. The van der Waals surface area contributed by atoms with Crippen LogP contribution in [0.4, 0.5) is 20.5 Å². The van der Waals surface area contributed by atoms with Crippen molar-refractivity contribution >= 4 is 34.4 Å². The number of rotatable bonds is 4. The van der Waals surface area contributed by atoms with E-state index in [1.54, 1.807) is 18.2 Å². The molecule has 2 aromatic heterocycles. The van der Waals surface area contributed by atoms with Gasteiger partial charge in [0.15, 0.2) is 5.65 Å². The van der Waals surface area contributed by atoms with Crippen LogP contribution < -0.4 is 11.1 Å². The van der Waals surface area contributed by atoms with E-state index in [0.717, 1.165) is 12.8 Å². The Labute approximate surface area is 169 Å². The van der Waals surface area contributed by atoms with E-state index in [4.69, 9.17) is 17.3 Å². The average Bonchev–Trinajstić information content (AvgIpc) is 3.45. The van der Waals surface area contributed by atoms with E-state index >= 15 is 0 Å². The van der Waals surface area contributed by atoms with Crippen molar-refractivity contribution in [3.8, 4) is 16.9 Å². The lowest BCUT2D eigenvalue weighted by Gasteiger charge is -2.08. The zero-order valence-electron chi connectivity index (χ0n) is 15.0. The molecule has 1 saturated carbocycles. The molecule has 0 amide bonds. The van der Waals surface area contributed by atoms with Crippen molar-refractivity contribution in [1.82, 2.24) is 19.7 Å². The molecule has 0 atom stereocenters. The number of nitrogen functional groups attached to an aromatic ring is 1. The maximum absolute atomic E-state index is 13.7. The van der Waals surface area contributed by atoms with Gasteiger partial charge in [-0.15, -0.1) is 5.10 Å². The molecule has 0 spiro atoms. The Kier molecular flexibility index (Phi) is 4.09. The van der Waals surface area contributed by atoms with Gasteiger partial charge in [-0.3, -0.25) is 0 Å². The first-order valence-corrected chi connectivity index (χ1v) is 9.41. The van der Waals surface area contributed by atoms with Gasteiger partial charge in [0.05, 0.1) is 21.8 Å². The number of nitrogens with one attached hydrogen (secondary N) is 1. The number of hydrogen-bond donors (Lipinski definition) is 2. The Balaban J connectivity index is 1.75. The first kappa shape index (κ1) is 17.8. The van der Waals surface area contributed by atoms with Crippen LogP contribution in [0.3, 0.4) is 0 Å². The fourth-order valence-electron chi connectivity index (χ4n) is 3.14. The van der Waals surface area contributed by atoms with Gasteiger partial charge in [0.2, 0.25) is 5.95 Å². The molecule has 0 saturated heterocycles. The van der Waals surface area contributed by atoms with Gasteiger partial charge in [-0.25, -0.2) is 18.4 Å². The Morgan fingerprint density at radius 3 is 2.66 bits per heavy atom. The van der Waals surface area contributed by atoms with Gasteiger partial charge in [-0.05, 0) is 49.2 Å². The second-order valence-corrected chi connectivity index (χ2v) is 7.33. The second kappa shape index (κ2) is 6.66. The quantitative estimate of drug-likeness (QED) is 0.513. The average molecular weight is 413 g/mol. The number of aromatic nitrogens is 4. The summed E-state index contributed by atoms with van der Waals surface area (Å²) in [6.07, 6.45) is 2.08. The van der Waals surface area contributed by atoms with Crippen LogP contribution in [0.5, 0.6) is 0 Å². The summed E-state index contributed by atoms with van der Waals surface area (Å²) in [5.74, 6) is -0.284. The number of halogens is 3. The Hall–Kier alpha value is -3.26. The maximum Gasteiger partial charge on any atom is 0.225 e. The highest BCUT2D eigenvalue weighted by Crippen LogP contribution is 2.35. The number of anilines is 2. The number of nitrogens with zero attached hydrogens (tertiary/aromatic N) is 4. The topological polar surface area (TPSA) is 81.7 Å². The summed E-state index contributed by atoms with van der Waals surface area (Å²) in [5, 5.41) is 8.17. The number of hydrogen-bond acceptors (Lipinski definition) is 5. The van der Waals surface area contributed by atoms with Gasteiger partial charge < -0.3 is 11.1 Å². The minimum atomic E-state index is -0.527. The maximum atomic E-state index is 13.7. The van der Waals surface area contributed by atoms with E-state index in [9.17, 15) is 8.78 Å². The third-order valence-electron chi connectivity index (χ3n) is 4.73. The molecule has 146 valence electrons. The summed E-state index contributed by atoms with van der Waals surface area (Å²) in [7, 11) is 0. The molecule has 6 nitrogen and oxygen atoms in total. The molecule has 2 aromatic carbocycles. The molecular formula is C20H15ClF2N6. The SMILES string of the molecule is Nc1c2c(-c3ccc(F)c(Cl)c3)nc(NC3CC3)nc2nn1-c1cccc(F)c1. The van der Waals surface area contributed by atoms with Crippen LogP contribution in [-0.4, -0.2) is 25.8 Å².